The topological polar surface area (TPSA) is 39.8 Å². The van der Waals surface area contributed by atoms with Crippen molar-refractivity contribution >= 4 is 16.7 Å². The van der Waals surface area contributed by atoms with Crippen molar-refractivity contribution in [2.75, 3.05) is 0 Å². The van der Waals surface area contributed by atoms with Crippen LogP contribution in [-0.2, 0) is 20.0 Å². The van der Waals surface area contributed by atoms with Crippen LogP contribution in [0.4, 0.5) is 0 Å². The Kier molecular flexibility index (Phi) is 4.63. The normalized spacial score (nSPS) is 11.2. The van der Waals surface area contributed by atoms with Crippen LogP contribution in [0.15, 0.2) is 67.1 Å². The molecule has 0 bridgehead atoms. The fourth-order valence-corrected chi connectivity index (χ4v) is 3.68. The molecule has 0 aliphatic carbocycles. The van der Waals surface area contributed by atoms with Crippen molar-refractivity contribution in [2.24, 2.45) is 7.05 Å². The first kappa shape index (κ1) is 17.3. The van der Waals surface area contributed by atoms with Gasteiger partial charge in [0.05, 0.1) is 12.0 Å². The number of carbonyl (C=O) groups excluding carboxylic acids is 1. The number of nitrogens with zero attached hydrogens (tertiary/aromatic N) is 3. The van der Waals surface area contributed by atoms with E-state index < -0.39 is 0 Å². The van der Waals surface area contributed by atoms with E-state index in [0.29, 0.717) is 12.8 Å². The summed E-state index contributed by atoms with van der Waals surface area (Å²) in [5.41, 5.74) is 5.26. The van der Waals surface area contributed by atoms with Crippen molar-refractivity contribution < 1.29 is 4.79 Å². The highest BCUT2D eigenvalue weighted by molar-refractivity contribution is 6.08. The largest absolute Gasteiger partial charge is 0.350 e. The molecule has 2 aromatic heterocycles. The van der Waals surface area contributed by atoms with Crippen molar-refractivity contribution in [3.8, 4) is 0 Å². The average Bonchev–Trinajstić information content (AvgIpc) is 3.21. The molecule has 0 amide bonds. The maximum Gasteiger partial charge on any atom is 0.165 e. The highest BCUT2D eigenvalue weighted by Crippen LogP contribution is 2.22. The van der Waals surface area contributed by atoms with Gasteiger partial charge in [-0.15, -0.1) is 0 Å². The molecule has 0 spiro atoms. The number of rotatable bonds is 6. The van der Waals surface area contributed by atoms with E-state index in [0.717, 1.165) is 34.4 Å². The van der Waals surface area contributed by atoms with Crippen LogP contribution in [-0.4, -0.2) is 19.9 Å². The van der Waals surface area contributed by atoms with Gasteiger partial charge in [-0.1, -0.05) is 48.5 Å². The second-order valence-corrected chi connectivity index (χ2v) is 6.98. The summed E-state index contributed by atoms with van der Waals surface area (Å²) in [6, 6.07) is 18.4. The molecule has 0 unspecified atom stereocenters. The van der Waals surface area contributed by atoms with Crippen LogP contribution in [0.5, 0.6) is 0 Å². The van der Waals surface area contributed by atoms with Crippen molar-refractivity contribution in [2.45, 2.75) is 26.3 Å². The Morgan fingerprint density at radius 1 is 1.04 bits per heavy atom. The Morgan fingerprint density at radius 2 is 1.78 bits per heavy atom. The molecule has 0 radical (unpaired) electrons. The van der Waals surface area contributed by atoms with E-state index >= 15 is 0 Å². The molecule has 2 aromatic carbocycles. The lowest BCUT2D eigenvalue weighted by molar-refractivity contribution is 0.0983. The quantitative estimate of drug-likeness (QED) is 0.475. The number of fused-ring (bicyclic) bond motifs is 1. The van der Waals surface area contributed by atoms with E-state index in [9.17, 15) is 4.79 Å². The summed E-state index contributed by atoms with van der Waals surface area (Å²) >= 11 is 0. The molecule has 4 aromatic rings. The summed E-state index contributed by atoms with van der Waals surface area (Å²) in [7, 11) is 1.98. The third-order valence-corrected chi connectivity index (χ3v) is 5.14. The number of para-hydroxylation sites is 1. The Balaban J connectivity index is 1.53. The van der Waals surface area contributed by atoms with Gasteiger partial charge in [0.15, 0.2) is 5.78 Å². The van der Waals surface area contributed by atoms with Gasteiger partial charge in [-0.05, 0) is 25.0 Å². The lowest BCUT2D eigenvalue weighted by Gasteiger charge is -2.09. The van der Waals surface area contributed by atoms with Gasteiger partial charge in [0.1, 0.15) is 0 Å². The van der Waals surface area contributed by atoms with E-state index in [1.54, 1.807) is 0 Å². The first-order valence-electron chi connectivity index (χ1n) is 9.25. The van der Waals surface area contributed by atoms with Crippen molar-refractivity contribution in [3.63, 3.8) is 0 Å². The fourth-order valence-electron chi connectivity index (χ4n) is 3.68. The van der Waals surface area contributed by atoms with Gasteiger partial charge in [-0.25, -0.2) is 4.98 Å². The second-order valence-electron chi connectivity index (χ2n) is 6.98. The number of ketones is 1. The number of imidazole rings is 1. The summed E-state index contributed by atoms with van der Waals surface area (Å²) in [6.45, 7) is 2.79. The van der Waals surface area contributed by atoms with Crippen LogP contribution in [0.25, 0.3) is 10.9 Å². The molecule has 4 heteroatoms. The molecule has 0 saturated carbocycles. The summed E-state index contributed by atoms with van der Waals surface area (Å²) in [4.78, 5) is 17.4. The van der Waals surface area contributed by atoms with Crippen LogP contribution in [0.2, 0.25) is 0 Å². The van der Waals surface area contributed by atoms with Crippen LogP contribution in [0.3, 0.4) is 0 Å². The predicted molar refractivity (Wildman–Crippen MR) is 108 cm³/mol. The SMILES string of the molecule is Cc1ncn(Cc2ccccc2)c1CCC(=O)c1cn(C)c2ccccc12. The third kappa shape index (κ3) is 3.43. The fraction of sp³-hybridized carbons (Fsp3) is 0.217. The zero-order chi connectivity index (χ0) is 18.8. The van der Waals surface area contributed by atoms with Crippen molar-refractivity contribution in [3.05, 3.63) is 89.6 Å². The van der Waals surface area contributed by atoms with Gasteiger partial charge < -0.3 is 9.13 Å². The molecule has 0 aliphatic rings. The molecule has 0 N–H and O–H groups in total. The first-order chi connectivity index (χ1) is 13.1. The number of Topliss-reactive ketones (excluding diaryl/α,β-unsaturated/α-hetero) is 1. The first-order valence-corrected chi connectivity index (χ1v) is 9.25. The zero-order valence-corrected chi connectivity index (χ0v) is 15.7. The molecular weight excluding hydrogens is 334 g/mol. The van der Waals surface area contributed by atoms with Crippen LogP contribution < -0.4 is 0 Å². The number of aryl methyl sites for hydroxylation is 2. The van der Waals surface area contributed by atoms with E-state index in [1.807, 2.05) is 73.5 Å². The standard InChI is InChI=1S/C23H23N3O/c1-17-21(26(16-24-17)14-18-8-4-3-5-9-18)12-13-23(27)20-15-25(2)22-11-7-6-10-19(20)22/h3-11,15-16H,12-14H2,1-2H3. The highest BCUT2D eigenvalue weighted by atomic mass is 16.1. The Morgan fingerprint density at radius 3 is 2.59 bits per heavy atom. The molecule has 0 fully saturated rings. The minimum Gasteiger partial charge on any atom is -0.350 e. The van der Waals surface area contributed by atoms with Gasteiger partial charge in [0, 0.05) is 48.4 Å². The highest BCUT2D eigenvalue weighted by Gasteiger charge is 2.16. The molecular formula is C23H23N3O. The van der Waals surface area contributed by atoms with Crippen LogP contribution in [0.1, 0.15) is 33.7 Å². The number of hydrogen-bond donors (Lipinski definition) is 0. The monoisotopic (exact) mass is 357 g/mol. The Hall–Kier alpha value is -3.14. The maximum atomic E-state index is 12.9. The summed E-state index contributed by atoms with van der Waals surface area (Å²) in [5, 5.41) is 1.03. The van der Waals surface area contributed by atoms with E-state index in [-0.39, 0.29) is 5.78 Å². The smallest absolute Gasteiger partial charge is 0.165 e. The molecule has 4 nitrogen and oxygen atoms in total. The molecule has 0 atom stereocenters. The van der Waals surface area contributed by atoms with Gasteiger partial charge in [0.25, 0.3) is 0 Å². The van der Waals surface area contributed by atoms with Crippen LogP contribution >= 0.6 is 0 Å². The predicted octanol–water partition coefficient (Wildman–Crippen LogP) is 4.55. The molecule has 27 heavy (non-hydrogen) atoms. The van der Waals surface area contributed by atoms with E-state index in [2.05, 4.69) is 21.7 Å². The third-order valence-electron chi connectivity index (χ3n) is 5.14. The van der Waals surface area contributed by atoms with E-state index in [1.165, 1.54) is 5.56 Å². The van der Waals surface area contributed by atoms with Crippen LogP contribution in [0, 0.1) is 6.92 Å². The van der Waals surface area contributed by atoms with E-state index in [4.69, 9.17) is 0 Å². The van der Waals surface area contributed by atoms with Gasteiger partial charge in [-0.3, -0.25) is 4.79 Å². The lowest BCUT2D eigenvalue weighted by Crippen LogP contribution is -2.07. The minimum atomic E-state index is 0.179. The number of hydrogen-bond acceptors (Lipinski definition) is 2. The zero-order valence-electron chi connectivity index (χ0n) is 15.7. The number of carbonyl (C=O) groups is 1. The maximum absolute atomic E-state index is 12.9. The van der Waals surface area contributed by atoms with Gasteiger partial charge in [0.2, 0.25) is 0 Å². The molecule has 0 aliphatic heterocycles. The summed E-state index contributed by atoms with van der Waals surface area (Å²) in [6.07, 6.45) is 5.00. The number of aromatic nitrogens is 3. The molecule has 136 valence electrons. The van der Waals surface area contributed by atoms with Crippen molar-refractivity contribution in [1.29, 1.82) is 0 Å². The Labute approximate surface area is 159 Å². The minimum absolute atomic E-state index is 0.179. The lowest BCUT2D eigenvalue weighted by atomic mass is 10.0. The molecule has 4 rings (SSSR count). The summed E-state index contributed by atoms with van der Waals surface area (Å²) in [5.74, 6) is 0.179. The second kappa shape index (κ2) is 7.23. The Bertz CT molecular complexity index is 1090. The molecule has 2 heterocycles. The average molecular weight is 357 g/mol. The van der Waals surface area contributed by atoms with Crippen molar-refractivity contribution in [1.82, 2.24) is 14.1 Å². The number of benzene rings is 2. The molecule has 0 saturated heterocycles. The van der Waals surface area contributed by atoms with Gasteiger partial charge >= 0.3 is 0 Å². The van der Waals surface area contributed by atoms with Gasteiger partial charge in [-0.2, -0.15) is 0 Å². The summed E-state index contributed by atoms with van der Waals surface area (Å²) < 4.78 is 4.18.